The molecule has 0 bridgehead atoms. The molecule has 4 aromatic rings. The Kier molecular flexibility index (Phi) is 4.39. The molecule has 0 saturated carbocycles. The Bertz CT molecular complexity index is 1050. The fourth-order valence-corrected chi connectivity index (χ4v) is 3.22. The summed E-state index contributed by atoms with van der Waals surface area (Å²) >= 11 is 6.06. The van der Waals surface area contributed by atoms with Crippen LogP contribution in [0.2, 0.25) is 5.02 Å². The minimum Gasteiger partial charge on any atom is -0.497 e. The van der Waals surface area contributed by atoms with E-state index in [9.17, 15) is 0 Å². The van der Waals surface area contributed by atoms with Gasteiger partial charge in [0.2, 0.25) is 0 Å². The van der Waals surface area contributed by atoms with Crippen LogP contribution in [0.1, 0.15) is 11.1 Å². The summed E-state index contributed by atoms with van der Waals surface area (Å²) in [5.74, 6) is 1.73. The number of fused-ring (bicyclic) bond motifs is 1. The highest BCUT2D eigenvalue weighted by Crippen LogP contribution is 2.29. The Morgan fingerprint density at radius 2 is 1.69 bits per heavy atom. The van der Waals surface area contributed by atoms with Gasteiger partial charge < -0.3 is 9.30 Å². The average molecular weight is 363 g/mol. The SMILES string of the molecule is COc1ccc2c(c1)nc(-c1ccc(Cl)cc1)n2Cc1ccc(C)cc1. The molecule has 4 rings (SSSR count). The molecule has 0 saturated heterocycles. The lowest BCUT2D eigenvalue weighted by molar-refractivity contribution is 0.415. The fourth-order valence-electron chi connectivity index (χ4n) is 3.09. The van der Waals surface area contributed by atoms with E-state index in [2.05, 4.69) is 41.8 Å². The van der Waals surface area contributed by atoms with Gasteiger partial charge in [0.15, 0.2) is 0 Å². The second-order valence-corrected chi connectivity index (χ2v) is 6.81. The first-order valence-electron chi connectivity index (χ1n) is 8.50. The number of halogens is 1. The van der Waals surface area contributed by atoms with Gasteiger partial charge in [-0.1, -0.05) is 41.4 Å². The molecular formula is C22H19ClN2O. The van der Waals surface area contributed by atoms with Gasteiger partial charge in [0.25, 0.3) is 0 Å². The van der Waals surface area contributed by atoms with E-state index < -0.39 is 0 Å². The third-order valence-electron chi connectivity index (χ3n) is 4.52. The Morgan fingerprint density at radius 3 is 2.38 bits per heavy atom. The number of hydrogen-bond acceptors (Lipinski definition) is 2. The predicted octanol–water partition coefficient (Wildman–Crippen LogP) is 5.72. The third-order valence-corrected chi connectivity index (χ3v) is 4.77. The quantitative estimate of drug-likeness (QED) is 0.464. The number of nitrogens with zero attached hydrogens (tertiary/aromatic N) is 2. The van der Waals surface area contributed by atoms with Gasteiger partial charge in [-0.05, 0) is 48.9 Å². The van der Waals surface area contributed by atoms with Gasteiger partial charge in [0, 0.05) is 23.2 Å². The van der Waals surface area contributed by atoms with E-state index in [1.54, 1.807) is 7.11 Å². The smallest absolute Gasteiger partial charge is 0.141 e. The zero-order valence-electron chi connectivity index (χ0n) is 14.7. The summed E-state index contributed by atoms with van der Waals surface area (Å²) in [6.45, 7) is 2.85. The van der Waals surface area contributed by atoms with Crippen LogP contribution in [0.15, 0.2) is 66.7 Å². The summed E-state index contributed by atoms with van der Waals surface area (Å²) in [5, 5.41) is 0.719. The van der Waals surface area contributed by atoms with Crippen LogP contribution >= 0.6 is 11.6 Å². The Balaban J connectivity index is 1.87. The molecule has 0 fully saturated rings. The molecule has 130 valence electrons. The molecule has 26 heavy (non-hydrogen) atoms. The summed E-state index contributed by atoms with van der Waals surface area (Å²) < 4.78 is 7.60. The van der Waals surface area contributed by atoms with Gasteiger partial charge in [-0.3, -0.25) is 0 Å². The van der Waals surface area contributed by atoms with Crippen LogP contribution in [0.3, 0.4) is 0 Å². The van der Waals surface area contributed by atoms with Gasteiger partial charge in [-0.2, -0.15) is 0 Å². The number of rotatable bonds is 4. The number of benzene rings is 3. The Hall–Kier alpha value is -2.78. The number of hydrogen-bond donors (Lipinski definition) is 0. The summed E-state index contributed by atoms with van der Waals surface area (Å²) in [7, 11) is 1.67. The molecule has 0 spiro atoms. The minimum absolute atomic E-state index is 0.719. The van der Waals surface area contributed by atoms with Crippen LogP contribution in [-0.4, -0.2) is 16.7 Å². The maximum atomic E-state index is 6.06. The van der Waals surface area contributed by atoms with Crippen molar-refractivity contribution >= 4 is 22.6 Å². The van der Waals surface area contributed by atoms with Gasteiger partial charge in [0.05, 0.1) is 18.1 Å². The van der Waals surface area contributed by atoms with E-state index in [4.69, 9.17) is 21.3 Å². The molecule has 3 aromatic carbocycles. The maximum absolute atomic E-state index is 6.06. The number of ether oxygens (including phenoxy) is 1. The molecule has 0 N–H and O–H groups in total. The van der Waals surface area contributed by atoms with E-state index in [-0.39, 0.29) is 0 Å². The molecule has 0 aliphatic carbocycles. The van der Waals surface area contributed by atoms with Crippen molar-refractivity contribution in [3.8, 4) is 17.1 Å². The normalized spacial score (nSPS) is 11.0. The van der Waals surface area contributed by atoms with Crippen molar-refractivity contribution in [3.05, 3.63) is 82.9 Å². The molecule has 1 heterocycles. The number of imidazole rings is 1. The van der Waals surface area contributed by atoms with E-state index >= 15 is 0 Å². The minimum atomic E-state index is 0.719. The second kappa shape index (κ2) is 6.85. The van der Waals surface area contributed by atoms with Crippen LogP contribution in [0, 0.1) is 6.92 Å². The molecule has 0 amide bonds. The van der Waals surface area contributed by atoms with E-state index in [1.807, 2.05) is 36.4 Å². The van der Waals surface area contributed by atoms with E-state index in [1.165, 1.54) is 11.1 Å². The first-order valence-corrected chi connectivity index (χ1v) is 8.87. The average Bonchev–Trinajstić information content (AvgIpc) is 3.01. The molecular weight excluding hydrogens is 344 g/mol. The van der Waals surface area contributed by atoms with Crippen LogP contribution in [-0.2, 0) is 6.54 Å². The van der Waals surface area contributed by atoms with Crippen molar-refractivity contribution in [2.45, 2.75) is 13.5 Å². The Labute approximate surface area is 157 Å². The van der Waals surface area contributed by atoms with Gasteiger partial charge in [-0.15, -0.1) is 0 Å². The standard InChI is InChI=1S/C22H19ClN2O/c1-15-3-5-16(6-4-15)14-25-21-12-11-19(26-2)13-20(21)24-22(25)17-7-9-18(23)10-8-17/h3-13H,14H2,1-2H3. The summed E-state index contributed by atoms with van der Waals surface area (Å²) in [6, 6.07) is 22.4. The third kappa shape index (κ3) is 3.18. The summed E-state index contributed by atoms with van der Waals surface area (Å²) in [4.78, 5) is 4.87. The highest BCUT2D eigenvalue weighted by molar-refractivity contribution is 6.30. The molecule has 0 aliphatic rings. The monoisotopic (exact) mass is 362 g/mol. The van der Waals surface area contributed by atoms with Crippen molar-refractivity contribution in [2.24, 2.45) is 0 Å². The van der Waals surface area contributed by atoms with Crippen LogP contribution in [0.25, 0.3) is 22.4 Å². The molecule has 0 unspecified atom stereocenters. The van der Waals surface area contributed by atoms with Crippen molar-refractivity contribution < 1.29 is 4.74 Å². The van der Waals surface area contributed by atoms with Crippen molar-refractivity contribution in [1.29, 1.82) is 0 Å². The topological polar surface area (TPSA) is 27.1 Å². The molecule has 0 aliphatic heterocycles. The van der Waals surface area contributed by atoms with Gasteiger partial charge in [0.1, 0.15) is 11.6 Å². The highest BCUT2D eigenvalue weighted by Gasteiger charge is 2.14. The first kappa shape index (κ1) is 16.7. The molecule has 4 heteroatoms. The van der Waals surface area contributed by atoms with Gasteiger partial charge >= 0.3 is 0 Å². The van der Waals surface area contributed by atoms with Crippen molar-refractivity contribution in [1.82, 2.24) is 9.55 Å². The second-order valence-electron chi connectivity index (χ2n) is 6.37. The van der Waals surface area contributed by atoms with Crippen molar-refractivity contribution in [3.63, 3.8) is 0 Å². The lowest BCUT2D eigenvalue weighted by Gasteiger charge is -2.10. The summed E-state index contributed by atoms with van der Waals surface area (Å²) in [5.41, 5.74) is 5.53. The molecule has 0 radical (unpaired) electrons. The molecule has 3 nitrogen and oxygen atoms in total. The van der Waals surface area contributed by atoms with Crippen LogP contribution < -0.4 is 4.74 Å². The number of aryl methyl sites for hydroxylation is 1. The lowest BCUT2D eigenvalue weighted by Crippen LogP contribution is -2.02. The van der Waals surface area contributed by atoms with Crippen molar-refractivity contribution in [2.75, 3.05) is 7.11 Å². The first-order chi connectivity index (χ1) is 12.6. The zero-order valence-corrected chi connectivity index (χ0v) is 15.5. The van der Waals surface area contributed by atoms with E-state index in [0.29, 0.717) is 0 Å². The number of methoxy groups -OCH3 is 1. The largest absolute Gasteiger partial charge is 0.497 e. The van der Waals surface area contributed by atoms with Gasteiger partial charge in [-0.25, -0.2) is 4.98 Å². The highest BCUT2D eigenvalue weighted by atomic mass is 35.5. The lowest BCUT2D eigenvalue weighted by atomic mass is 10.1. The van der Waals surface area contributed by atoms with Crippen LogP contribution in [0.4, 0.5) is 0 Å². The molecule has 1 aromatic heterocycles. The molecule has 0 atom stereocenters. The van der Waals surface area contributed by atoms with E-state index in [0.717, 1.165) is 39.7 Å². The Morgan fingerprint density at radius 1 is 0.962 bits per heavy atom. The number of aromatic nitrogens is 2. The zero-order chi connectivity index (χ0) is 18.1. The fraction of sp³-hybridized carbons (Fsp3) is 0.136. The maximum Gasteiger partial charge on any atom is 0.141 e. The predicted molar refractivity (Wildman–Crippen MR) is 107 cm³/mol. The summed E-state index contributed by atoms with van der Waals surface area (Å²) in [6.07, 6.45) is 0. The van der Waals surface area contributed by atoms with Crippen LogP contribution in [0.5, 0.6) is 5.75 Å².